The molecule has 1 amide bonds. The fourth-order valence-electron chi connectivity index (χ4n) is 2.42. The van der Waals surface area contributed by atoms with Crippen molar-refractivity contribution in [3.63, 3.8) is 0 Å². The molecule has 3 rings (SSSR count). The molecule has 0 atom stereocenters. The summed E-state index contributed by atoms with van der Waals surface area (Å²) in [6.07, 6.45) is -1.67. The lowest BCUT2D eigenvalue weighted by molar-refractivity contribution is -0.274. The van der Waals surface area contributed by atoms with E-state index in [1.807, 2.05) is 0 Å². The molecule has 7 nitrogen and oxygen atoms in total. The maximum atomic E-state index is 12.5. The lowest BCUT2D eigenvalue weighted by Gasteiger charge is -2.39. The molecule has 0 aliphatic carbocycles. The predicted octanol–water partition coefficient (Wildman–Crippen LogP) is 1.88. The zero-order valence-electron chi connectivity index (χ0n) is 12.5. The molecule has 1 aromatic heterocycles. The molecule has 1 aromatic carbocycles. The van der Waals surface area contributed by atoms with Gasteiger partial charge in [-0.05, 0) is 12.1 Å². The van der Waals surface area contributed by atoms with Gasteiger partial charge in [-0.25, -0.2) is 0 Å². The van der Waals surface area contributed by atoms with Crippen molar-refractivity contribution >= 4 is 5.91 Å². The van der Waals surface area contributed by atoms with Crippen LogP contribution in [0.2, 0.25) is 0 Å². The van der Waals surface area contributed by atoms with Crippen molar-refractivity contribution in [3.8, 4) is 11.5 Å². The quantitative estimate of drug-likeness (QED) is 0.849. The first-order valence-electron chi connectivity index (χ1n) is 6.94. The minimum Gasteiger partial charge on any atom is -0.496 e. The first-order valence-corrected chi connectivity index (χ1v) is 6.94. The fraction of sp³-hybridized carbons (Fsp3) is 0.357. The summed E-state index contributed by atoms with van der Waals surface area (Å²) in [5.74, 6) is -0.744. The molecular weight excluding hydrogens is 329 g/mol. The fourth-order valence-corrected chi connectivity index (χ4v) is 2.42. The second-order valence-corrected chi connectivity index (χ2v) is 5.18. The minimum absolute atomic E-state index is 0.0227. The lowest BCUT2D eigenvalue weighted by Crippen LogP contribution is -2.50. The van der Waals surface area contributed by atoms with E-state index in [0.29, 0.717) is 13.1 Å². The summed E-state index contributed by atoms with van der Waals surface area (Å²) >= 11 is 0. The average molecular weight is 342 g/mol. The van der Waals surface area contributed by atoms with Crippen LogP contribution in [0.15, 0.2) is 30.9 Å². The van der Waals surface area contributed by atoms with E-state index in [9.17, 15) is 18.0 Å². The Hall–Kier alpha value is -2.78. The minimum atomic E-state index is -4.81. The molecule has 0 bridgehead atoms. The van der Waals surface area contributed by atoms with Gasteiger partial charge in [0.1, 0.15) is 24.2 Å². The van der Waals surface area contributed by atoms with Crippen molar-refractivity contribution < 1.29 is 27.4 Å². The van der Waals surface area contributed by atoms with Crippen LogP contribution in [0.25, 0.3) is 0 Å². The summed E-state index contributed by atoms with van der Waals surface area (Å²) < 4.78 is 47.4. The molecule has 10 heteroatoms. The average Bonchev–Trinajstić information content (AvgIpc) is 2.97. The molecule has 24 heavy (non-hydrogen) atoms. The van der Waals surface area contributed by atoms with E-state index in [0.717, 1.165) is 12.1 Å². The highest BCUT2D eigenvalue weighted by Gasteiger charge is 2.34. The van der Waals surface area contributed by atoms with Crippen molar-refractivity contribution in [1.29, 1.82) is 0 Å². The van der Waals surface area contributed by atoms with Crippen molar-refractivity contribution in [3.05, 3.63) is 36.4 Å². The number of carbonyl (C=O) groups is 1. The molecule has 0 N–H and O–H groups in total. The number of hydrogen-bond acceptors (Lipinski definition) is 5. The van der Waals surface area contributed by atoms with Gasteiger partial charge in [0.15, 0.2) is 0 Å². The van der Waals surface area contributed by atoms with Gasteiger partial charge in [0, 0.05) is 19.2 Å². The maximum absolute atomic E-state index is 12.5. The van der Waals surface area contributed by atoms with Crippen LogP contribution >= 0.6 is 0 Å². The monoisotopic (exact) mass is 342 g/mol. The van der Waals surface area contributed by atoms with Gasteiger partial charge in [0.2, 0.25) is 0 Å². The zero-order valence-corrected chi connectivity index (χ0v) is 12.5. The lowest BCUT2D eigenvalue weighted by atomic mass is 10.1. The molecule has 0 spiro atoms. The van der Waals surface area contributed by atoms with E-state index >= 15 is 0 Å². The molecule has 1 saturated heterocycles. The Labute approximate surface area is 134 Å². The summed E-state index contributed by atoms with van der Waals surface area (Å²) in [4.78, 5) is 14.0. The highest BCUT2D eigenvalue weighted by molar-refractivity contribution is 5.97. The van der Waals surface area contributed by atoms with Crippen molar-refractivity contribution in [2.75, 3.05) is 20.2 Å². The number of carbonyl (C=O) groups excluding carboxylic acids is 1. The third kappa shape index (κ3) is 3.26. The molecule has 1 aliphatic rings. The number of hydrogen-bond donors (Lipinski definition) is 0. The van der Waals surface area contributed by atoms with Crippen molar-refractivity contribution in [2.45, 2.75) is 12.4 Å². The second kappa shape index (κ2) is 6.02. The largest absolute Gasteiger partial charge is 0.573 e. The van der Waals surface area contributed by atoms with E-state index in [1.165, 1.54) is 13.2 Å². The predicted molar refractivity (Wildman–Crippen MR) is 74.6 cm³/mol. The summed E-state index contributed by atoms with van der Waals surface area (Å²) in [5.41, 5.74) is 0.175. The molecule has 0 saturated carbocycles. The van der Waals surface area contributed by atoms with Crippen LogP contribution in [0.3, 0.4) is 0 Å². The van der Waals surface area contributed by atoms with E-state index in [1.54, 1.807) is 22.1 Å². The van der Waals surface area contributed by atoms with Gasteiger partial charge < -0.3 is 18.9 Å². The van der Waals surface area contributed by atoms with Gasteiger partial charge in [-0.3, -0.25) is 4.79 Å². The molecule has 1 aliphatic heterocycles. The first kappa shape index (κ1) is 16.1. The van der Waals surface area contributed by atoms with Crippen LogP contribution in [0.1, 0.15) is 16.4 Å². The Morgan fingerprint density at radius 3 is 2.50 bits per heavy atom. The summed E-state index contributed by atoms with van der Waals surface area (Å²) in [6, 6.07) is 3.47. The van der Waals surface area contributed by atoms with Crippen LogP contribution in [0.4, 0.5) is 13.2 Å². The van der Waals surface area contributed by atoms with Gasteiger partial charge in [0.25, 0.3) is 5.91 Å². The third-order valence-electron chi connectivity index (χ3n) is 3.64. The van der Waals surface area contributed by atoms with Crippen molar-refractivity contribution in [1.82, 2.24) is 19.7 Å². The number of alkyl halides is 3. The standard InChI is InChI=1S/C14H13F3N4O3/c1-23-12-4-10(24-14(15,16)17)2-3-11(12)13(22)20-5-9(6-20)21-7-18-19-8-21/h2-4,7-9H,5-6H2,1H3. The van der Waals surface area contributed by atoms with Gasteiger partial charge >= 0.3 is 6.36 Å². The number of ether oxygens (including phenoxy) is 2. The van der Waals surface area contributed by atoms with Gasteiger partial charge in [-0.1, -0.05) is 0 Å². The Morgan fingerprint density at radius 1 is 1.25 bits per heavy atom. The molecule has 0 unspecified atom stereocenters. The first-order chi connectivity index (χ1) is 11.4. The third-order valence-corrected chi connectivity index (χ3v) is 3.64. The number of likely N-dealkylation sites (tertiary alicyclic amines) is 1. The number of rotatable bonds is 4. The smallest absolute Gasteiger partial charge is 0.496 e. The summed E-state index contributed by atoms with van der Waals surface area (Å²) in [6.45, 7) is 0.918. The SMILES string of the molecule is COc1cc(OC(F)(F)F)ccc1C(=O)N1CC(n2cnnc2)C1. The number of methoxy groups -OCH3 is 1. The maximum Gasteiger partial charge on any atom is 0.573 e. The molecular formula is C14H13F3N4O3. The van der Waals surface area contributed by atoms with Crippen LogP contribution in [-0.4, -0.2) is 52.1 Å². The van der Waals surface area contributed by atoms with Crippen LogP contribution in [0.5, 0.6) is 11.5 Å². The van der Waals surface area contributed by atoms with E-state index in [4.69, 9.17) is 4.74 Å². The Bertz CT molecular complexity index is 727. The number of benzene rings is 1. The van der Waals surface area contributed by atoms with Gasteiger partial charge in [0.05, 0.1) is 18.7 Å². The van der Waals surface area contributed by atoms with Gasteiger partial charge in [-0.2, -0.15) is 0 Å². The van der Waals surface area contributed by atoms with Crippen molar-refractivity contribution in [2.24, 2.45) is 0 Å². The molecule has 1 fully saturated rings. The normalized spacial score (nSPS) is 15.1. The molecule has 0 radical (unpaired) electrons. The van der Waals surface area contributed by atoms with E-state index in [-0.39, 0.29) is 23.3 Å². The highest BCUT2D eigenvalue weighted by Crippen LogP contribution is 2.31. The number of halogens is 3. The highest BCUT2D eigenvalue weighted by atomic mass is 19.4. The molecule has 2 aromatic rings. The second-order valence-electron chi connectivity index (χ2n) is 5.18. The topological polar surface area (TPSA) is 69.5 Å². The van der Waals surface area contributed by atoms with Crippen LogP contribution in [-0.2, 0) is 0 Å². The Morgan fingerprint density at radius 2 is 1.92 bits per heavy atom. The van der Waals surface area contributed by atoms with E-state index in [2.05, 4.69) is 14.9 Å². The van der Waals surface area contributed by atoms with Crippen LogP contribution < -0.4 is 9.47 Å². The van der Waals surface area contributed by atoms with Crippen LogP contribution in [0, 0.1) is 0 Å². The Balaban J connectivity index is 1.71. The molecule has 2 heterocycles. The molecule has 128 valence electrons. The summed E-state index contributed by atoms with van der Waals surface area (Å²) in [7, 11) is 1.28. The zero-order chi connectivity index (χ0) is 17.3. The van der Waals surface area contributed by atoms with E-state index < -0.39 is 12.1 Å². The summed E-state index contributed by atoms with van der Waals surface area (Å²) in [5, 5.41) is 7.41. The Kier molecular flexibility index (Phi) is 4.04. The number of nitrogens with zero attached hydrogens (tertiary/aromatic N) is 4. The van der Waals surface area contributed by atoms with Gasteiger partial charge in [-0.15, -0.1) is 23.4 Å². The number of aromatic nitrogens is 3. The number of amides is 1.